The van der Waals surface area contributed by atoms with E-state index in [0.717, 1.165) is 12.8 Å². The van der Waals surface area contributed by atoms with E-state index in [2.05, 4.69) is 0 Å². The molecule has 0 radical (unpaired) electrons. The fraction of sp³-hybridized carbons (Fsp3) is 0.867. The SMILES string of the molecule is CCC(CC)C(=O)N1CCN(C(=O)COCCOC)CC1. The van der Waals surface area contributed by atoms with Crippen LogP contribution in [-0.2, 0) is 19.1 Å². The average molecular weight is 300 g/mol. The molecule has 0 N–H and O–H groups in total. The number of methoxy groups -OCH3 is 1. The Kier molecular flexibility index (Phi) is 8.30. The van der Waals surface area contributed by atoms with E-state index in [-0.39, 0.29) is 24.3 Å². The van der Waals surface area contributed by atoms with E-state index in [1.807, 2.05) is 18.7 Å². The van der Waals surface area contributed by atoms with Crippen LogP contribution in [0.25, 0.3) is 0 Å². The first kappa shape index (κ1) is 17.9. The van der Waals surface area contributed by atoms with Crippen LogP contribution < -0.4 is 0 Å². The van der Waals surface area contributed by atoms with Crippen molar-refractivity contribution >= 4 is 11.8 Å². The fourth-order valence-corrected chi connectivity index (χ4v) is 2.47. The number of ether oxygens (including phenoxy) is 2. The Morgan fingerprint density at radius 1 is 1.00 bits per heavy atom. The lowest BCUT2D eigenvalue weighted by molar-refractivity contribution is -0.144. The Morgan fingerprint density at radius 2 is 1.57 bits per heavy atom. The van der Waals surface area contributed by atoms with Crippen LogP contribution in [0.4, 0.5) is 0 Å². The molecule has 0 aromatic heterocycles. The third kappa shape index (κ3) is 5.63. The second-order valence-corrected chi connectivity index (χ2v) is 5.26. The van der Waals surface area contributed by atoms with Crippen molar-refractivity contribution in [2.75, 3.05) is 53.1 Å². The van der Waals surface area contributed by atoms with E-state index >= 15 is 0 Å². The van der Waals surface area contributed by atoms with Gasteiger partial charge in [0.25, 0.3) is 0 Å². The van der Waals surface area contributed by atoms with Gasteiger partial charge in [-0.25, -0.2) is 0 Å². The van der Waals surface area contributed by atoms with Gasteiger partial charge >= 0.3 is 0 Å². The molecule has 1 rings (SSSR count). The number of amides is 2. The molecule has 1 fully saturated rings. The van der Waals surface area contributed by atoms with Crippen LogP contribution >= 0.6 is 0 Å². The average Bonchev–Trinajstić information content (AvgIpc) is 2.52. The number of rotatable bonds is 8. The van der Waals surface area contributed by atoms with Gasteiger partial charge < -0.3 is 19.3 Å². The molecular weight excluding hydrogens is 272 g/mol. The summed E-state index contributed by atoms with van der Waals surface area (Å²) in [7, 11) is 1.60. The lowest BCUT2D eigenvalue weighted by Gasteiger charge is -2.36. The van der Waals surface area contributed by atoms with Crippen LogP contribution in [0.5, 0.6) is 0 Å². The molecule has 0 atom stereocenters. The molecule has 0 saturated carbocycles. The first-order valence-corrected chi connectivity index (χ1v) is 7.77. The van der Waals surface area contributed by atoms with Crippen molar-refractivity contribution in [3.63, 3.8) is 0 Å². The first-order chi connectivity index (χ1) is 10.1. The highest BCUT2D eigenvalue weighted by Gasteiger charge is 2.27. The molecular formula is C15H28N2O4. The lowest BCUT2D eigenvalue weighted by atomic mass is 10.0. The molecule has 1 heterocycles. The zero-order valence-electron chi connectivity index (χ0n) is 13.5. The largest absolute Gasteiger partial charge is 0.382 e. The molecule has 0 spiro atoms. The number of piperazine rings is 1. The molecule has 6 nitrogen and oxygen atoms in total. The van der Waals surface area contributed by atoms with E-state index in [4.69, 9.17) is 9.47 Å². The Labute approximate surface area is 127 Å². The third-order valence-corrected chi connectivity index (χ3v) is 3.94. The standard InChI is InChI=1S/C15H28N2O4/c1-4-13(5-2)15(19)17-8-6-16(7-9-17)14(18)12-21-11-10-20-3/h13H,4-12H2,1-3H3. The van der Waals surface area contributed by atoms with E-state index in [1.165, 1.54) is 0 Å². The Bertz CT molecular complexity index is 324. The predicted molar refractivity (Wildman–Crippen MR) is 79.9 cm³/mol. The molecule has 0 aliphatic carbocycles. The molecule has 0 aromatic carbocycles. The number of nitrogens with zero attached hydrogens (tertiary/aromatic N) is 2. The summed E-state index contributed by atoms with van der Waals surface area (Å²) in [6, 6.07) is 0. The molecule has 1 saturated heterocycles. The smallest absolute Gasteiger partial charge is 0.248 e. The first-order valence-electron chi connectivity index (χ1n) is 7.77. The van der Waals surface area contributed by atoms with Crippen LogP contribution in [0, 0.1) is 5.92 Å². The van der Waals surface area contributed by atoms with Crippen molar-refractivity contribution in [1.29, 1.82) is 0 Å². The van der Waals surface area contributed by atoms with Gasteiger partial charge in [-0.2, -0.15) is 0 Å². The number of carbonyl (C=O) groups excluding carboxylic acids is 2. The maximum atomic E-state index is 12.3. The molecule has 6 heteroatoms. The van der Waals surface area contributed by atoms with Crippen molar-refractivity contribution in [3.05, 3.63) is 0 Å². The zero-order valence-corrected chi connectivity index (χ0v) is 13.5. The monoisotopic (exact) mass is 300 g/mol. The molecule has 1 aliphatic heterocycles. The highest BCUT2D eigenvalue weighted by molar-refractivity contribution is 5.80. The minimum atomic E-state index is -0.0132. The third-order valence-electron chi connectivity index (χ3n) is 3.94. The summed E-state index contributed by atoms with van der Waals surface area (Å²) in [4.78, 5) is 27.9. The van der Waals surface area contributed by atoms with Crippen molar-refractivity contribution in [2.45, 2.75) is 26.7 Å². The number of carbonyl (C=O) groups is 2. The zero-order chi connectivity index (χ0) is 15.7. The summed E-state index contributed by atoms with van der Waals surface area (Å²) in [6.45, 7) is 7.53. The molecule has 0 aromatic rings. The summed E-state index contributed by atoms with van der Waals surface area (Å²) in [5.41, 5.74) is 0. The van der Waals surface area contributed by atoms with Crippen LogP contribution in [-0.4, -0.2) is 74.7 Å². The minimum absolute atomic E-state index is 0.0132. The molecule has 122 valence electrons. The van der Waals surface area contributed by atoms with E-state index in [9.17, 15) is 9.59 Å². The van der Waals surface area contributed by atoms with Gasteiger partial charge in [-0.05, 0) is 12.8 Å². The van der Waals surface area contributed by atoms with Crippen molar-refractivity contribution in [3.8, 4) is 0 Å². The van der Waals surface area contributed by atoms with Gasteiger partial charge in [0.15, 0.2) is 0 Å². The Balaban J connectivity index is 2.31. The van der Waals surface area contributed by atoms with Crippen LogP contribution in [0.2, 0.25) is 0 Å². The molecule has 21 heavy (non-hydrogen) atoms. The van der Waals surface area contributed by atoms with Crippen LogP contribution in [0.15, 0.2) is 0 Å². The highest BCUT2D eigenvalue weighted by Crippen LogP contribution is 2.14. The summed E-state index contributed by atoms with van der Waals surface area (Å²) in [6.07, 6.45) is 1.75. The lowest BCUT2D eigenvalue weighted by Crippen LogP contribution is -2.52. The summed E-state index contributed by atoms with van der Waals surface area (Å²) >= 11 is 0. The van der Waals surface area contributed by atoms with Crippen LogP contribution in [0.3, 0.4) is 0 Å². The van der Waals surface area contributed by atoms with Gasteiger partial charge in [0.2, 0.25) is 11.8 Å². The van der Waals surface area contributed by atoms with Crippen LogP contribution in [0.1, 0.15) is 26.7 Å². The van der Waals surface area contributed by atoms with Gasteiger partial charge in [-0.3, -0.25) is 9.59 Å². The quantitative estimate of drug-likeness (QED) is 0.621. The van der Waals surface area contributed by atoms with Gasteiger partial charge in [0.05, 0.1) is 13.2 Å². The van der Waals surface area contributed by atoms with E-state index < -0.39 is 0 Å². The van der Waals surface area contributed by atoms with Gasteiger partial charge in [-0.1, -0.05) is 13.8 Å². The molecule has 0 unspecified atom stereocenters. The minimum Gasteiger partial charge on any atom is -0.382 e. The predicted octanol–water partition coefficient (Wildman–Crippen LogP) is 0.756. The van der Waals surface area contributed by atoms with Gasteiger partial charge in [-0.15, -0.1) is 0 Å². The topological polar surface area (TPSA) is 59.1 Å². The van der Waals surface area contributed by atoms with Gasteiger partial charge in [0, 0.05) is 39.2 Å². The second-order valence-electron chi connectivity index (χ2n) is 5.26. The summed E-state index contributed by atoms with van der Waals surface area (Å²) in [5, 5.41) is 0. The Morgan fingerprint density at radius 3 is 2.10 bits per heavy atom. The van der Waals surface area contributed by atoms with Crippen molar-refractivity contribution in [2.24, 2.45) is 5.92 Å². The van der Waals surface area contributed by atoms with Gasteiger partial charge in [0.1, 0.15) is 6.61 Å². The maximum absolute atomic E-state index is 12.3. The van der Waals surface area contributed by atoms with Crippen molar-refractivity contribution < 1.29 is 19.1 Å². The number of hydrogen-bond acceptors (Lipinski definition) is 4. The second kappa shape index (κ2) is 9.73. The van der Waals surface area contributed by atoms with E-state index in [0.29, 0.717) is 39.4 Å². The summed E-state index contributed by atoms with van der Waals surface area (Å²) < 4.78 is 10.1. The maximum Gasteiger partial charge on any atom is 0.248 e. The summed E-state index contributed by atoms with van der Waals surface area (Å²) in [5.74, 6) is 0.328. The highest BCUT2D eigenvalue weighted by atomic mass is 16.5. The van der Waals surface area contributed by atoms with E-state index in [1.54, 1.807) is 12.0 Å². The number of hydrogen-bond donors (Lipinski definition) is 0. The molecule has 2 amide bonds. The van der Waals surface area contributed by atoms with Crippen molar-refractivity contribution in [1.82, 2.24) is 9.80 Å². The Hall–Kier alpha value is -1.14. The normalized spacial score (nSPS) is 15.6. The fourth-order valence-electron chi connectivity index (χ4n) is 2.47. The molecule has 1 aliphatic rings. The molecule has 0 bridgehead atoms.